The molecule has 1 atom stereocenters. The van der Waals surface area contributed by atoms with Gasteiger partial charge in [0.1, 0.15) is 5.69 Å². The van der Waals surface area contributed by atoms with Gasteiger partial charge in [0.05, 0.1) is 29.6 Å². The number of benzene rings is 2. The number of nitrogens with one attached hydrogen (secondary N) is 1. The van der Waals surface area contributed by atoms with Gasteiger partial charge in [-0.3, -0.25) is 19.7 Å². The zero-order valence-electron chi connectivity index (χ0n) is 16.1. The van der Waals surface area contributed by atoms with Gasteiger partial charge in [-0.1, -0.05) is 23.7 Å². The number of carbonyl (C=O) groups excluding carboxylic acids is 2. The number of nitro benzene ring substituents is 1. The number of nitro groups is 1. The summed E-state index contributed by atoms with van der Waals surface area (Å²) in [6.45, 7) is 2.34. The normalized spacial score (nSPS) is 13.7. The van der Waals surface area contributed by atoms with Gasteiger partial charge in [-0.25, -0.2) is 0 Å². The highest BCUT2D eigenvalue weighted by molar-refractivity contribution is 6.32. The van der Waals surface area contributed by atoms with E-state index in [4.69, 9.17) is 25.8 Å². The van der Waals surface area contributed by atoms with E-state index in [1.165, 1.54) is 25.1 Å². The number of esters is 1. The molecule has 2 aromatic rings. The quantitative estimate of drug-likeness (QED) is 0.420. The Morgan fingerprint density at radius 1 is 1.27 bits per heavy atom. The summed E-state index contributed by atoms with van der Waals surface area (Å²) in [4.78, 5) is 35.0. The van der Waals surface area contributed by atoms with E-state index < -0.39 is 22.9 Å². The van der Waals surface area contributed by atoms with Crippen molar-refractivity contribution < 1.29 is 28.7 Å². The molecule has 1 amide bonds. The van der Waals surface area contributed by atoms with Crippen LogP contribution in [-0.2, 0) is 20.7 Å². The van der Waals surface area contributed by atoms with Gasteiger partial charge in [0, 0.05) is 12.5 Å². The molecule has 0 saturated carbocycles. The lowest BCUT2D eigenvalue weighted by atomic mass is 10.1. The smallest absolute Gasteiger partial charge is 0.311 e. The molecule has 1 aliphatic heterocycles. The molecule has 1 N–H and O–H groups in total. The van der Waals surface area contributed by atoms with Crippen molar-refractivity contribution in [3.05, 3.63) is 57.1 Å². The van der Waals surface area contributed by atoms with Crippen molar-refractivity contribution in [2.75, 3.05) is 18.5 Å². The molecule has 2 aromatic carbocycles. The van der Waals surface area contributed by atoms with Crippen molar-refractivity contribution in [1.82, 2.24) is 0 Å². The number of ether oxygens (including phenoxy) is 3. The first-order chi connectivity index (χ1) is 14.3. The number of anilines is 1. The van der Waals surface area contributed by atoms with E-state index in [9.17, 15) is 19.7 Å². The van der Waals surface area contributed by atoms with Crippen LogP contribution in [0.3, 0.4) is 0 Å². The number of amides is 1. The van der Waals surface area contributed by atoms with Crippen molar-refractivity contribution >= 4 is 34.9 Å². The number of hydrogen-bond donors (Lipinski definition) is 1. The van der Waals surface area contributed by atoms with Crippen LogP contribution in [0, 0.1) is 10.1 Å². The van der Waals surface area contributed by atoms with Crippen LogP contribution in [0.25, 0.3) is 0 Å². The summed E-state index contributed by atoms with van der Waals surface area (Å²) >= 11 is 6.21. The van der Waals surface area contributed by atoms with Crippen molar-refractivity contribution in [1.29, 1.82) is 0 Å². The maximum Gasteiger partial charge on any atom is 0.311 e. The molecule has 10 heteroatoms. The second kappa shape index (κ2) is 9.45. The van der Waals surface area contributed by atoms with Crippen LogP contribution >= 0.6 is 11.6 Å². The molecule has 0 bridgehead atoms. The van der Waals surface area contributed by atoms with E-state index in [0.717, 1.165) is 0 Å². The van der Waals surface area contributed by atoms with Crippen LogP contribution in [0.15, 0.2) is 36.4 Å². The first-order valence-corrected chi connectivity index (χ1v) is 9.54. The molecule has 0 unspecified atom stereocenters. The summed E-state index contributed by atoms with van der Waals surface area (Å²) in [6, 6.07) is 8.91. The number of nitrogens with zero attached hydrogens (tertiary/aromatic N) is 1. The summed E-state index contributed by atoms with van der Waals surface area (Å²) in [6.07, 6.45) is -0.582. The molecule has 0 spiro atoms. The molecule has 0 aromatic heterocycles. The topological polar surface area (TPSA) is 117 Å². The molecule has 1 aliphatic rings. The molecular formula is C20H19ClN2O7. The molecule has 0 fully saturated rings. The van der Waals surface area contributed by atoms with Crippen LogP contribution in [0.1, 0.15) is 18.9 Å². The highest BCUT2D eigenvalue weighted by atomic mass is 35.5. The fraction of sp³-hybridized carbons (Fsp3) is 0.300. The van der Waals surface area contributed by atoms with Gasteiger partial charge in [0.15, 0.2) is 17.6 Å². The third kappa shape index (κ3) is 5.18. The highest BCUT2D eigenvalue weighted by Crippen LogP contribution is 2.38. The lowest BCUT2D eigenvalue weighted by Crippen LogP contribution is -2.30. The Morgan fingerprint density at radius 2 is 2.00 bits per heavy atom. The van der Waals surface area contributed by atoms with Gasteiger partial charge in [-0.2, -0.15) is 0 Å². The molecule has 0 radical (unpaired) electrons. The van der Waals surface area contributed by atoms with Gasteiger partial charge in [0.2, 0.25) is 0 Å². The molecule has 30 heavy (non-hydrogen) atoms. The third-order valence-electron chi connectivity index (χ3n) is 4.25. The first kappa shape index (κ1) is 21.4. The Labute approximate surface area is 177 Å². The number of rotatable bonds is 6. The fourth-order valence-electron chi connectivity index (χ4n) is 2.82. The van der Waals surface area contributed by atoms with Gasteiger partial charge in [-0.05, 0) is 30.7 Å². The lowest BCUT2D eigenvalue weighted by Gasteiger charge is -2.15. The summed E-state index contributed by atoms with van der Waals surface area (Å²) in [5.74, 6) is -0.464. The second-order valence-corrected chi connectivity index (χ2v) is 6.93. The maximum absolute atomic E-state index is 12.3. The molecule has 9 nitrogen and oxygen atoms in total. The highest BCUT2D eigenvalue weighted by Gasteiger charge is 2.23. The van der Waals surface area contributed by atoms with Gasteiger partial charge in [-0.15, -0.1) is 0 Å². The Bertz CT molecular complexity index is 980. The Balaban J connectivity index is 1.62. The number of para-hydroxylation sites is 2. The Morgan fingerprint density at radius 3 is 2.77 bits per heavy atom. The summed E-state index contributed by atoms with van der Waals surface area (Å²) in [7, 11) is 0. The SMILES string of the molecule is C[C@@H](OC(=O)Cc1cc(Cl)c2c(c1)OCCCO2)C(=O)Nc1ccccc1[N+](=O)[O-]. The molecule has 158 valence electrons. The van der Waals surface area contributed by atoms with E-state index in [-0.39, 0.29) is 17.8 Å². The third-order valence-corrected chi connectivity index (χ3v) is 4.53. The van der Waals surface area contributed by atoms with E-state index >= 15 is 0 Å². The van der Waals surface area contributed by atoms with Crippen LogP contribution in [0.4, 0.5) is 11.4 Å². The van der Waals surface area contributed by atoms with Gasteiger partial charge < -0.3 is 19.5 Å². The van der Waals surface area contributed by atoms with Crippen molar-refractivity contribution in [2.24, 2.45) is 0 Å². The average Bonchev–Trinajstić information content (AvgIpc) is 2.94. The van der Waals surface area contributed by atoms with Crippen molar-refractivity contribution in [2.45, 2.75) is 25.9 Å². The zero-order chi connectivity index (χ0) is 21.7. The van der Waals surface area contributed by atoms with E-state index in [2.05, 4.69) is 5.32 Å². The summed E-state index contributed by atoms with van der Waals surface area (Å²) in [5.41, 5.74) is 0.303. The molecule has 3 rings (SSSR count). The van der Waals surface area contributed by atoms with Crippen molar-refractivity contribution in [3.8, 4) is 11.5 Å². The lowest BCUT2D eigenvalue weighted by molar-refractivity contribution is -0.383. The molecular weight excluding hydrogens is 416 g/mol. The minimum atomic E-state index is -1.16. The fourth-order valence-corrected chi connectivity index (χ4v) is 3.11. The number of fused-ring (bicyclic) bond motifs is 1. The Hall–Kier alpha value is -3.33. The average molecular weight is 435 g/mol. The van der Waals surface area contributed by atoms with Crippen LogP contribution in [0.2, 0.25) is 5.02 Å². The number of halogens is 1. The van der Waals surface area contributed by atoms with E-state index in [1.807, 2.05) is 0 Å². The molecule has 0 aliphatic carbocycles. The Kier molecular flexibility index (Phi) is 6.73. The van der Waals surface area contributed by atoms with Crippen LogP contribution < -0.4 is 14.8 Å². The van der Waals surface area contributed by atoms with E-state index in [0.29, 0.717) is 41.7 Å². The maximum atomic E-state index is 12.3. The monoisotopic (exact) mass is 434 g/mol. The summed E-state index contributed by atoms with van der Waals surface area (Å²) < 4.78 is 16.3. The minimum Gasteiger partial charge on any atom is -0.489 e. The van der Waals surface area contributed by atoms with Crippen LogP contribution in [-0.4, -0.2) is 36.1 Å². The molecule has 0 saturated heterocycles. The van der Waals surface area contributed by atoms with Gasteiger partial charge in [0.25, 0.3) is 11.6 Å². The van der Waals surface area contributed by atoms with Gasteiger partial charge >= 0.3 is 5.97 Å². The number of hydrogen-bond acceptors (Lipinski definition) is 7. The first-order valence-electron chi connectivity index (χ1n) is 9.17. The zero-order valence-corrected chi connectivity index (χ0v) is 16.8. The minimum absolute atomic E-state index is 0.0186. The second-order valence-electron chi connectivity index (χ2n) is 6.53. The largest absolute Gasteiger partial charge is 0.489 e. The number of carbonyl (C=O) groups is 2. The predicted octanol–water partition coefficient (Wildman–Crippen LogP) is 3.52. The standard InChI is InChI=1S/C20H19ClN2O7/c1-12(20(25)22-15-5-2-3-6-16(15)23(26)27)30-18(24)11-13-9-14(21)19-17(10-13)28-7-4-8-29-19/h2-3,5-6,9-10,12H,4,7-8,11H2,1H3,(H,22,25)/t12-/m1/s1. The summed E-state index contributed by atoms with van der Waals surface area (Å²) in [5, 5.41) is 13.8. The predicted molar refractivity (Wildman–Crippen MR) is 108 cm³/mol. The molecule has 1 heterocycles. The van der Waals surface area contributed by atoms with Crippen LogP contribution in [0.5, 0.6) is 11.5 Å². The van der Waals surface area contributed by atoms with Crippen molar-refractivity contribution in [3.63, 3.8) is 0 Å². The van der Waals surface area contributed by atoms with E-state index in [1.54, 1.807) is 18.2 Å².